The Kier molecular flexibility index (Phi) is 3.47. The molecule has 0 unspecified atom stereocenters. The van der Waals surface area contributed by atoms with Crippen molar-refractivity contribution in [2.75, 3.05) is 11.9 Å². The highest BCUT2D eigenvalue weighted by molar-refractivity contribution is 5.48. The van der Waals surface area contributed by atoms with Crippen LogP contribution in [0.1, 0.15) is 44.6 Å². The Hall–Kier alpha value is -1.05. The summed E-state index contributed by atoms with van der Waals surface area (Å²) in [5.41, 5.74) is 2.97. The lowest BCUT2D eigenvalue weighted by molar-refractivity contribution is 0.233. The zero-order valence-electron chi connectivity index (χ0n) is 10.4. The van der Waals surface area contributed by atoms with Gasteiger partial charge in [0.15, 0.2) is 0 Å². The van der Waals surface area contributed by atoms with E-state index in [2.05, 4.69) is 30.2 Å². The summed E-state index contributed by atoms with van der Waals surface area (Å²) < 4.78 is 0. The molecule has 0 spiro atoms. The summed E-state index contributed by atoms with van der Waals surface area (Å²) in [7, 11) is 0. The van der Waals surface area contributed by atoms with Crippen molar-refractivity contribution in [3.8, 4) is 0 Å². The molecule has 1 aromatic heterocycles. The van der Waals surface area contributed by atoms with E-state index in [0.717, 1.165) is 6.54 Å². The Morgan fingerprint density at radius 2 is 2.06 bits per heavy atom. The topological polar surface area (TPSA) is 24.9 Å². The highest BCUT2D eigenvalue weighted by Gasteiger charge is 2.26. The normalized spacial score (nSPS) is 19.4. The van der Waals surface area contributed by atoms with E-state index in [4.69, 9.17) is 0 Å². The SMILES string of the molecule is Cc1cnccc1NCC1(C)CCCCC1. The molecule has 0 aromatic carbocycles. The zero-order valence-corrected chi connectivity index (χ0v) is 10.4. The minimum absolute atomic E-state index is 0.494. The van der Waals surface area contributed by atoms with Crippen LogP contribution < -0.4 is 5.32 Å². The Morgan fingerprint density at radius 1 is 1.31 bits per heavy atom. The van der Waals surface area contributed by atoms with Gasteiger partial charge >= 0.3 is 0 Å². The fraction of sp³-hybridized carbons (Fsp3) is 0.643. The van der Waals surface area contributed by atoms with Crippen LogP contribution in [0.2, 0.25) is 0 Å². The van der Waals surface area contributed by atoms with Crippen LogP contribution in [0.5, 0.6) is 0 Å². The molecule has 1 fully saturated rings. The van der Waals surface area contributed by atoms with E-state index in [1.165, 1.54) is 43.4 Å². The number of pyridine rings is 1. The summed E-state index contributed by atoms with van der Waals surface area (Å²) in [4.78, 5) is 4.12. The van der Waals surface area contributed by atoms with Crippen LogP contribution in [0.15, 0.2) is 18.5 Å². The van der Waals surface area contributed by atoms with Gasteiger partial charge in [0.05, 0.1) is 0 Å². The first-order valence-electron chi connectivity index (χ1n) is 6.34. The number of hydrogen-bond acceptors (Lipinski definition) is 2. The summed E-state index contributed by atoms with van der Waals surface area (Å²) in [6.07, 6.45) is 10.7. The van der Waals surface area contributed by atoms with Gasteiger partial charge in [0.1, 0.15) is 0 Å². The van der Waals surface area contributed by atoms with E-state index in [-0.39, 0.29) is 0 Å². The van der Waals surface area contributed by atoms with Gasteiger partial charge in [-0.3, -0.25) is 4.98 Å². The standard InChI is InChI=1S/C14H22N2/c1-12-10-15-9-6-13(12)16-11-14(2)7-4-3-5-8-14/h6,9-10H,3-5,7-8,11H2,1-2H3,(H,15,16). The van der Waals surface area contributed by atoms with Gasteiger partial charge < -0.3 is 5.32 Å². The zero-order chi connectivity index (χ0) is 11.4. The first kappa shape index (κ1) is 11.4. The van der Waals surface area contributed by atoms with Crippen molar-refractivity contribution in [2.24, 2.45) is 5.41 Å². The number of aromatic nitrogens is 1. The third kappa shape index (κ3) is 2.75. The number of nitrogens with one attached hydrogen (secondary N) is 1. The van der Waals surface area contributed by atoms with Gasteiger partial charge in [-0.05, 0) is 36.8 Å². The molecule has 0 atom stereocenters. The van der Waals surface area contributed by atoms with Crippen molar-refractivity contribution in [2.45, 2.75) is 46.0 Å². The second-order valence-corrected chi connectivity index (χ2v) is 5.42. The average Bonchev–Trinajstić information content (AvgIpc) is 2.29. The lowest BCUT2D eigenvalue weighted by Crippen LogP contribution is -2.29. The van der Waals surface area contributed by atoms with Crippen LogP contribution in [0.4, 0.5) is 5.69 Å². The third-order valence-corrected chi connectivity index (χ3v) is 3.79. The molecule has 0 amide bonds. The van der Waals surface area contributed by atoms with Gasteiger partial charge in [-0.2, -0.15) is 0 Å². The molecule has 0 saturated heterocycles. The third-order valence-electron chi connectivity index (χ3n) is 3.79. The Labute approximate surface area is 98.5 Å². The first-order valence-corrected chi connectivity index (χ1v) is 6.34. The minimum Gasteiger partial charge on any atom is -0.384 e. The monoisotopic (exact) mass is 218 g/mol. The highest BCUT2D eigenvalue weighted by Crippen LogP contribution is 2.35. The molecule has 2 nitrogen and oxygen atoms in total. The van der Waals surface area contributed by atoms with Crippen LogP contribution in [0.25, 0.3) is 0 Å². The number of anilines is 1. The molecule has 16 heavy (non-hydrogen) atoms. The maximum absolute atomic E-state index is 4.12. The van der Waals surface area contributed by atoms with Crippen LogP contribution in [0.3, 0.4) is 0 Å². The second-order valence-electron chi connectivity index (χ2n) is 5.42. The maximum atomic E-state index is 4.12. The summed E-state index contributed by atoms with van der Waals surface area (Å²) in [6, 6.07) is 2.07. The molecule has 1 saturated carbocycles. The van der Waals surface area contributed by atoms with E-state index in [1.807, 2.05) is 12.4 Å². The quantitative estimate of drug-likeness (QED) is 0.835. The molecule has 0 radical (unpaired) electrons. The molecule has 1 heterocycles. The second kappa shape index (κ2) is 4.86. The molecular weight excluding hydrogens is 196 g/mol. The maximum Gasteiger partial charge on any atom is 0.0400 e. The Balaban J connectivity index is 1.94. The van der Waals surface area contributed by atoms with Gasteiger partial charge in [-0.25, -0.2) is 0 Å². The number of aryl methyl sites for hydroxylation is 1. The molecule has 0 aliphatic heterocycles. The van der Waals surface area contributed by atoms with Gasteiger partial charge in [-0.15, -0.1) is 0 Å². The molecule has 1 aliphatic carbocycles. The average molecular weight is 218 g/mol. The van der Waals surface area contributed by atoms with Crippen molar-refractivity contribution in [3.63, 3.8) is 0 Å². The van der Waals surface area contributed by atoms with Gasteiger partial charge in [0.2, 0.25) is 0 Å². The molecule has 2 heteroatoms. The Morgan fingerprint density at radius 3 is 2.75 bits per heavy atom. The molecule has 2 rings (SSSR count). The molecule has 88 valence electrons. The van der Waals surface area contributed by atoms with Gasteiger partial charge in [0.25, 0.3) is 0 Å². The predicted octanol–water partition coefficient (Wildman–Crippen LogP) is 3.77. The highest BCUT2D eigenvalue weighted by atomic mass is 14.9. The lowest BCUT2D eigenvalue weighted by atomic mass is 9.75. The summed E-state index contributed by atoms with van der Waals surface area (Å²) in [6.45, 7) is 5.62. The minimum atomic E-state index is 0.494. The molecule has 1 aliphatic rings. The fourth-order valence-electron chi connectivity index (χ4n) is 2.56. The number of hydrogen-bond donors (Lipinski definition) is 1. The smallest absolute Gasteiger partial charge is 0.0400 e. The lowest BCUT2D eigenvalue weighted by Gasteiger charge is -2.34. The van der Waals surface area contributed by atoms with Crippen LogP contribution >= 0.6 is 0 Å². The van der Waals surface area contributed by atoms with E-state index < -0.39 is 0 Å². The van der Waals surface area contributed by atoms with E-state index >= 15 is 0 Å². The summed E-state index contributed by atoms with van der Waals surface area (Å²) >= 11 is 0. The van der Waals surface area contributed by atoms with Crippen molar-refractivity contribution in [1.29, 1.82) is 0 Å². The molecule has 0 bridgehead atoms. The molecular formula is C14H22N2. The van der Waals surface area contributed by atoms with Crippen molar-refractivity contribution < 1.29 is 0 Å². The van der Waals surface area contributed by atoms with Crippen molar-refractivity contribution in [3.05, 3.63) is 24.0 Å². The van der Waals surface area contributed by atoms with E-state index in [1.54, 1.807) is 0 Å². The van der Waals surface area contributed by atoms with E-state index in [9.17, 15) is 0 Å². The van der Waals surface area contributed by atoms with Crippen molar-refractivity contribution >= 4 is 5.69 Å². The molecule has 1 N–H and O–H groups in total. The van der Waals surface area contributed by atoms with E-state index in [0.29, 0.717) is 5.41 Å². The van der Waals surface area contributed by atoms with Crippen LogP contribution in [0, 0.1) is 12.3 Å². The Bertz CT molecular complexity index is 340. The van der Waals surface area contributed by atoms with Crippen molar-refractivity contribution in [1.82, 2.24) is 4.98 Å². The fourth-order valence-corrected chi connectivity index (χ4v) is 2.56. The number of nitrogens with zero attached hydrogens (tertiary/aromatic N) is 1. The van der Waals surface area contributed by atoms with Crippen LogP contribution in [-0.4, -0.2) is 11.5 Å². The van der Waals surface area contributed by atoms with Gasteiger partial charge in [-0.1, -0.05) is 26.2 Å². The van der Waals surface area contributed by atoms with Gasteiger partial charge in [0, 0.05) is 24.6 Å². The molecule has 1 aromatic rings. The number of rotatable bonds is 3. The summed E-state index contributed by atoms with van der Waals surface area (Å²) in [5, 5.41) is 3.58. The summed E-state index contributed by atoms with van der Waals surface area (Å²) in [5.74, 6) is 0. The predicted molar refractivity (Wildman–Crippen MR) is 68.7 cm³/mol. The first-order chi connectivity index (χ1) is 7.70. The largest absolute Gasteiger partial charge is 0.384 e. The van der Waals surface area contributed by atoms with Crippen LogP contribution in [-0.2, 0) is 0 Å².